The Balaban J connectivity index is 2.03. The largest absolute Gasteiger partial charge is 0.326 e. The molecule has 2 rings (SSSR count). The first-order chi connectivity index (χ1) is 8.74. The summed E-state index contributed by atoms with van der Waals surface area (Å²) in [6, 6.07) is 3.13. The lowest BCUT2D eigenvalue weighted by molar-refractivity contribution is 0.131. The third-order valence-corrected chi connectivity index (χ3v) is 5.13. The van der Waals surface area contributed by atoms with Gasteiger partial charge in [0.15, 0.2) is 0 Å². The van der Waals surface area contributed by atoms with Crippen LogP contribution in [0, 0.1) is 6.92 Å². The minimum Gasteiger partial charge on any atom is -0.326 e. The topological polar surface area (TPSA) is 29.3 Å². The molecular weight excluding hydrogens is 240 g/mol. The number of hydrogen-bond donors (Lipinski definition) is 1. The van der Waals surface area contributed by atoms with Crippen LogP contribution < -0.4 is 5.73 Å². The number of thiophene rings is 1. The molecule has 0 spiro atoms. The van der Waals surface area contributed by atoms with Crippen molar-refractivity contribution in [1.82, 2.24) is 4.90 Å². The van der Waals surface area contributed by atoms with Gasteiger partial charge in [-0.1, -0.05) is 19.8 Å². The third-order valence-electron chi connectivity index (χ3n) is 4.02. The normalized spacial score (nSPS) is 21.4. The molecule has 0 amide bonds. The van der Waals surface area contributed by atoms with Gasteiger partial charge in [0.2, 0.25) is 0 Å². The van der Waals surface area contributed by atoms with Gasteiger partial charge in [0.05, 0.1) is 0 Å². The predicted octanol–water partition coefficient (Wildman–Crippen LogP) is 3.67. The molecule has 0 bridgehead atoms. The van der Waals surface area contributed by atoms with Crippen molar-refractivity contribution in [2.45, 2.75) is 65.1 Å². The zero-order valence-electron chi connectivity index (χ0n) is 11.7. The average Bonchev–Trinajstić information content (AvgIpc) is 2.73. The highest BCUT2D eigenvalue weighted by molar-refractivity contribution is 7.12. The maximum absolute atomic E-state index is 5.74. The fourth-order valence-corrected chi connectivity index (χ4v) is 3.92. The second-order valence-corrected chi connectivity index (χ2v) is 6.75. The zero-order chi connectivity index (χ0) is 13.0. The Bertz CT molecular complexity index is 371. The van der Waals surface area contributed by atoms with Crippen LogP contribution in [-0.4, -0.2) is 17.5 Å². The van der Waals surface area contributed by atoms with Crippen LogP contribution in [0.4, 0.5) is 0 Å². The van der Waals surface area contributed by atoms with E-state index in [1.807, 2.05) is 11.3 Å². The fourth-order valence-electron chi connectivity index (χ4n) is 2.99. The summed E-state index contributed by atoms with van der Waals surface area (Å²) < 4.78 is 0. The molecular formula is C15H26N2S. The van der Waals surface area contributed by atoms with Gasteiger partial charge in [0.25, 0.3) is 0 Å². The number of nitrogens with zero attached hydrogens (tertiary/aromatic N) is 1. The molecule has 1 aliphatic heterocycles. The lowest BCUT2D eigenvalue weighted by Crippen LogP contribution is -2.38. The van der Waals surface area contributed by atoms with E-state index in [9.17, 15) is 0 Å². The number of rotatable bonds is 5. The molecule has 2 nitrogen and oxygen atoms in total. The van der Waals surface area contributed by atoms with Gasteiger partial charge in [-0.3, -0.25) is 4.90 Å². The van der Waals surface area contributed by atoms with Crippen LogP contribution in [0.1, 0.15) is 54.3 Å². The van der Waals surface area contributed by atoms with Crippen molar-refractivity contribution in [2.24, 2.45) is 5.73 Å². The summed E-state index contributed by atoms with van der Waals surface area (Å²) in [5.41, 5.74) is 7.24. The Labute approximate surface area is 115 Å². The highest BCUT2D eigenvalue weighted by atomic mass is 32.1. The average molecular weight is 266 g/mol. The number of hydrogen-bond acceptors (Lipinski definition) is 3. The zero-order valence-corrected chi connectivity index (χ0v) is 12.6. The quantitative estimate of drug-likeness (QED) is 0.881. The molecule has 1 unspecified atom stereocenters. The van der Waals surface area contributed by atoms with E-state index < -0.39 is 0 Å². The summed E-state index contributed by atoms with van der Waals surface area (Å²) in [5, 5.41) is 0. The highest BCUT2D eigenvalue weighted by Crippen LogP contribution is 2.27. The van der Waals surface area contributed by atoms with Gasteiger partial charge >= 0.3 is 0 Å². The number of nitrogens with two attached hydrogens (primary N) is 1. The van der Waals surface area contributed by atoms with E-state index in [1.165, 1.54) is 54.0 Å². The summed E-state index contributed by atoms with van der Waals surface area (Å²) in [6.07, 6.45) is 6.83. The number of piperidine rings is 1. The lowest BCUT2D eigenvalue weighted by atomic mass is 9.97. The Kier molecular flexibility index (Phi) is 5.22. The molecule has 0 aromatic carbocycles. The molecule has 18 heavy (non-hydrogen) atoms. The van der Waals surface area contributed by atoms with Crippen molar-refractivity contribution in [1.29, 1.82) is 0 Å². The van der Waals surface area contributed by atoms with Gasteiger partial charge in [-0.15, -0.1) is 11.3 Å². The minimum absolute atomic E-state index is 0.684. The smallest absolute Gasteiger partial charge is 0.0274 e. The third kappa shape index (κ3) is 3.34. The standard InChI is InChI=1S/C15H26N2S/c1-3-6-14-7-4-5-8-17(14)11-13-9-15(10-16)18-12(13)2/h9,14H,3-8,10-11,16H2,1-2H3. The van der Waals surface area contributed by atoms with Crippen LogP contribution >= 0.6 is 11.3 Å². The Morgan fingerprint density at radius 1 is 1.44 bits per heavy atom. The molecule has 1 fully saturated rings. The molecule has 0 saturated carbocycles. The van der Waals surface area contributed by atoms with Crippen LogP contribution in [0.25, 0.3) is 0 Å². The second kappa shape index (κ2) is 6.69. The number of aryl methyl sites for hydroxylation is 1. The maximum Gasteiger partial charge on any atom is 0.0274 e. The fraction of sp³-hybridized carbons (Fsp3) is 0.733. The highest BCUT2D eigenvalue weighted by Gasteiger charge is 2.22. The van der Waals surface area contributed by atoms with E-state index in [-0.39, 0.29) is 0 Å². The van der Waals surface area contributed by atoms with Gasteiger partial charge in [-0.25, -0.2) is 0 Å². The summed E-state index contributed by atoms with van der Waals surface area (Å²) in [6.45, 7) is 7.63. The first-order valence-electron chi connectivity index (χ1n) is 7.27. The van der Waals surface area contributed by atoms with E-state index >= 15 is 0 Å². The molecule has 1 aliphatic rings. The molecule has 1 aromatic heterocycles. The van der Waals surface area contributed by atoms with Gasteiger partial charge in [0.1, 0.15) is 0 Å². The monoisotopic (exact) mass is 266 g/mol. The van der Waals surface area contributed by atoms with Crippen molar-refractivity contribution in [3.8, 4) is 0 Å². The molecule has 2 heterocycles. The summed E-state index contributed by atoms with van der Waals surface area (Å²) in [4.78, 5) is 5.48. The Morgan fingerprint density at radius 2 is 2.28 bits per heavy atom. The van der Waals surface area contributed by atoms with Crippen molar-refractivity contribution in [3.05, 3.63) is 21.4 Å². The van der Waals surface area contributed by atoms with Crippen molar-refractivity contribution < 1.29 is 0 Å². The molecule has 1 saturated heterocycles. The molecule has 102 valence electrons. The minimum atomic E-state index is 0.684. The summed E-state index contributed by atoms with van der Waals surface area (Å²) >= 11 is 1.87. The van der Waals surface area contributed by atoms with Crippen LogP contribution in [-0.2, 0) is 13.1 Å². The van der Waals surface area contributed by atoms with Gasteiger partial charge in [-0.05, 0) is 44.4 Å². The first-order valence-corrected chi connectivity index (χ1v) is 8.08. The van der Waals surface area contributed by atoms with Crippen LogP contribution in [0.5, 0.6) is 0 Å². The van der Waals surface area contributed by atoms with Crippen LogP contribution in [0.15, 0.2) is 6.07 Å². The van der Waals surface area contributed by atoms with Gasteiger partial charge in [-0.2, -0.15) is 0 Å². The lowest BCUT2D eigenvalue weighted by Gasteiger charge is -2.35. The number of likely N-dealkylation sites (tertiary alicyclic amines) is 1. The molecule has 3 heteroatoms. The van der Waals surface area contributed by atoms with E-state index in [0.29, 0.717) is 6.54 Å². The van der Waals surface area contributed by atoms with Gasteiger partial charge in [0, 0.05) is 28.9 Å². The molecule has 0 radical (unpaired) electrons. The molecule has 2 N–H and O–H groups in total. The van der Waals surface area contributed by atoms with E-state index in [4.69, 9.17) is 5.73 Å². The van der Waals surface area contributed by atoms with Crippen LogP contribution in [0.2, 0.25) is 0 Å². The maximum atomic E-state index is 5.74. The van der Waals surface area contributed by atoms with Crippen molar-refractivity contribution in [2.75, 3.05) is 6.54 Å². The molecule has 1 atom stereocenters. The van der Waals surface area contributed by atoms with Crippen LogP contribution in [0.3, 0.4) is 0 Å². The molecule has 1 aromatic rings. The van der Waals surface area contributed by atoms with Gasteiger partial charge < -0.3 is 5.73 Å². The van der Waals surface area contributed by atoms with E-state index in [2.05, 4.69) is 24.8 Å². The van der Waals surface area contributed by atoms with E-state index in [0.717, 1.165) is 12.6 Å². The predicted molar refractivity (Wildman–Crippen MR) is 79.9 cm³/mol. The molecule has 0 aliphatic carbocycles. The van der Waals surface area contributed by atoms with Crippen molar-refractivity contribution in [3.63, 3.8) is 0 Å². The summed E-state index contributed by atoms with van der Waals surface area (Å²) in [7, 11) is 0. The van der Waals surface area contributed by atoms with E-state index in [1.54, 1.807) is 0 Å². The summed E-state index contributed by atoms with van der Waals surface area (Å²) in [5.74, 6) is 0. The Morgan fingerprint density at radius 3 is 2.94 bits per heavy atom. The first kappa shape index (κ1) is 14.0. The second-order valence-electron chi connectivity index (χ2n) is 5.41. The van der Waals surface area contributed by atoms with Crippen molar-refractivity contribution >= 4 is 11.3 Å². The SMILES string of the molecule is CCCC1CCCCN1Cc1cc(CN)sc1C. The Hall–Kier alpha value is -0.380.